The topological polar surface area (TPSA) is 83.8 Å². The van der Waals surface area contributed by atoms with E-state index in [2.05, 4.69) is 31.1 Å². The Labute approximate surface area is 197 Å². The standard InChI is InChI=1S/C22H19BrClFN6O/c1-3-31-10-16(21(24)29-31)18-15-9-30(2)28-19(15)13-5-4-12(25)7-14(13)20(18)32-17-6-11(23)8-27-22(17)26/h4-10,18,20H,3H2,1-2H3,(H2,26,27)/t18?,20-/m0/s1. The van der Waals surface area contributed by atoms with Crippen molar-refractivity contribution in [1.82, 2.24) is 24.5 Å². The van der Waals surface area contributed by atoms with Crippen molar-refractivity contribution in [1.29, 1.82) is 0 Å². The molecule has 1 aromatic carbocycles. The minimum Gasteiger partial charge on any atom is -0.481 e. The van der Waals surface area contributed by atoms with Crippen molar-refractivity contribution in [3.63, 3.8) is 0 Å². The number of benzene rings is 1. The Balaban J connectivity index is 1.76. The number of anilines is 1. The molecule has 0 spiro atoms. The normalized spacial score (nSPS) is 17.2. The third-order valence-electron chi connectivity index (χ3n) is 5.57. The quantitative estimate of drug-likeness (QED) is 0.407. The van der Waals surface area contributed by atoms with E-state index in [0.717, 1.165) is 22.4 Å². The van der Waals surface area contributed by atoms with E-state index in [4.69, 9.17) is 22.1 Å². The number of ether oxygens (including phenoxy) is 1. The molecule has 164 valence electrons. The number of hydrogen-bond donors (Lipinski definition) is 1. The number of aryl methyl sites for hydroxylation is 2. The van der Waals surface area contributed by atoms with Gasteiger partial charge in [-0.2, -0.15) is 10.2 Å². The van der Waals surface area contributed by atoms with Gasteiger partial charge in [0.25, 0.3) is 0 Å². The van der Waals surface area contributed by atoms with E-state index in [0.29, 0.717) is 27.5 Å². The number of nitrogens with zero attached hydrogens (tertiary/aromatic N) is 5. The number of fused-ring (bicyclic) bond motifs is 3. The second-order valence-corrected chi connectivity index (χ2v) is 8.90. The highest BCUT2D eigenvalue weighted by Gasteiger charge is 2.41. The van der Waals surface area contributed by atoms with Crippen LogP contribution in [0.5, 0.6) is 5.75 Å². The van der Waals surface area contributed by atoms with Gasteiger partial charge in [-0.25, -0.2) is 9.37 Å². The summed E-state index contributed by atoms with van der Waals surface area (Å²) in [4.78, 5) is 4.17. The minimum atomic E-state index is -0.636. The maximum absolute atomic E-state index is 14.4. The number of hydrogen-bond acceptors (Lipinski definition) is 5. The Kier molecular flexibility index (Phi) is 5.17. The lowest BCUT2D eigenvalue weighted by Crippen LogP contribution is -2.24. The van der Waals surface area contributed by atoms with E-state index in [-0.39, 0.29) is 17.6 Å². The molecule has 2 atom stereocenters. The van der Waals surface area contributed by atoms with Crippen LogP contribution in [0.25, 0.3) is 11.3 Å². The summed E-state index contributed by atoms with van der Waals surface area (Å²) in [7, 11) is 1.85. The van der Waals surface area contributed by atoms with E-state index in [1.165, 1.54) is 12.1 Å². The summed E-state index contributed by atoms with van der Waals surface area (Å²) < 4.78 is 25.1. The highest BCUT2D eigenvalue weighted by atomic mass is 79.9. The number of nitrogens with two attached hydrogens (primary N) is 1. The maximum Gasteiger partial charge on any atom is 0.166 e. The highest BCUT2D eigenvalue weighted by molar-refractivity contribution is 9.10. The molecule has 32 heavy (non-hydrogen) atoms. The van der Waals surface area contributed by atoms with Crippen molar-refractivity contribution >= 4 is 33.3 Å². The predicted molar refractivity (Wildman–Crippen MR) is 123 cm³/mol. The monoisotopic (exact) mass is 516 g/mol. The summed E-state index contributed by atoms with van der Waals surface area (Å²) in [5.74, 6) is -0.140. The molecule has 1 aliphatic carbocycles. The van der Waals surface area contributed by atoms with Crippen molar-refractivity contribution in [2.45, 2.75) is 25.5 Å². The number of pyridine rings is 1. The summed E-state index contributed by atoms with van der Waals surface area (Å²) in [6.45, 7) is 2.64. The molecule has 0 bridgehead atoms. The zero-order chi connectivity index (χ0) is 22.6. The van der Waals surface area contributed by atoms with Crippen molar-refractivity contribution in [3.05, 3.63) is 75.0 Å². The molecular formula is C22H19BrClFN6O. The zero-order valence-electron chi connectivity index (χ0n) is 17.3. The Morgan fingerprint density at radius 3 is 2.75 bits per heavy atom. The van der Waals surface area contributed by atoms with Gasteiger partial charge in [0.1, 0.15) is 11.9 Å². The average Bonchev–Trinajstić information content (AvgIpc) is 3.33. The first-order chi connectivity index (χ1) is 15.4. The Morgan fingerprint density at radius 2 is 2.00 bits per heavy atom. The average molecular weight is 518 g/mol. The fourth-order valence-corrected chi connectivity index (χ4v) is 4.75. The molecule has 3 aromatic heterocycles. The van der Waals surface area contributed by atoms with E-state index >= 15 is 0 Å². The summed E-state index contributed by atoms with van der Waals surface area (Å²) in [5.41, 5.74) is 9.99. The Bertz CT molecular complexity index is 1340. The first kappa shape index (κ1) is 21.0. The third kappa shape index (κ3) is 3.45. The highest BCUT2D eigenvalue weighted by Crippen LogP contribution is 2.51. The Morgan fingerprint density at radius 1 is 1.19 bits per heavy atom. The molecule has 4 aromatic rings. The van der Waals surface area contributed by atoms with Gasteiger partial charge >= 0.3 is 0 Å². The smallest absolute Gasteiger partial charge is 0.166 e. The van der Waals surface area contributed by atoms with Crippen LogP contribution >= 0.6 is 27.5 Å². The molecular weight excluding hydrogens is 499 g/mol. The molecule has 0 aliphatic heterocycles. The molecule has 0 saturated carbocycles. The van der Waals surface area contributed by atoms with Gasteiger partial charge in [-0.15, -0.1) is 0 Å². The number of halogens is 3. The number of aromatic nitrogens is 5. The van der Waals surface area contributed by atoms with Crippen molar-refractivity contribution in [2.24, 2.45) is 7.05 Å². The molecule has 10 heteroatoms. The second-order valence-electron chi connectivity index (χ2n) is 7.62. The zero-order valence-corrected chi connectivity index (χ0v) is 19.6. The molecule has 0 amide bonds. The van der Waals surface area contributed by atoms with E-state index < -0.39 is 6.10 Å². The predicted octanol–water partition coefficient (Wildman–Crippen LogP) is 5.10. The van der Waals surface area contributed by atoms with Gasteiger partial charge in [-0.3, -0.25) is 9.36 Å². The number of rotatable bonds is 4. The van der Waals surface area contributed by atoms with Crippen molar-refractivity contribution in [3.8, 4) is 17.0 Å². The fourth-order valence-electron chi connectivity index (χ4n) is 4.18. The van der Waals surface area contributed by atoms with E-state index in [1.807, 2.05) is 26.4 Å². The van der Waals surface area contributed by atoms with Crippen molar-refractivity contribution in [2.75, 3.05) is 5.73 Å². The molecule has 0 fully saturated rings. The molecule has 5 rings (SSSR count). The van der Waals surface area contributed by atoms with Crippen LogP contribution in [-0.4, -0.2) is 24.5 Å². The SMILES string of the molecule is CCn1cc(C2c3cn(C)nc3-c3ccc(F)cc3[C@@H]2Oc2cc(Br)cnc2N)c(Cl)n1. The largest absolute Gasteiger partial charge is 0.481 e. The van der Waals surface area contributed by atoms with Gasteiger partial charge in [-0.1, -0.05) is 11.6 Å². The summed E-state index contributed by atoms with van der Waals surface area (Å²) >= 11 is 9.99. The lowest BCUT2D eigenvalue weighted by atomic mass is 9.77. The summed E-state index contributed by atoms with van der Waals surface area (Å²) in [5, 5.41) is 9.42. The van der Waals surface area contributed by atoms with Gasteiger partial charge < -0.3 is 10.5 Å². The van der Waals surface area contributed by atoms with Gasteiger partial charge in [-0.05, 0) is 47.1 Å². The maximum atomic E-state index is 14.4. The van der Waals surface area contributed by atoms with Gasteiger partial charge in [0.15, 0.2) is 16.7 Å². The van der Waals surface area contributed by atoms with Gasteiger partial charge in [0, 0.05) is 58.9 Å². The molecule has 2 N–H and O–H groups in total. The first-order valence-corrected chi connectivity index (χ1v) is 11.2. The van der Waals surface area contributed by atoms with Crippen LogP contribution in [0.1, 0.15) is 35.6 Å². The van der Waals surface area contributed by atoms with E-state index in [9.17, 15) is 4.39 Å². The summed E-state index contributed by atoms with van der Waals surface area (Å²) in [6.07, 6.45) is 4.79. The van der Waals surface area contributed by atoms with Crippen LogP contribution in [0.2, 0.25) is 5.15 Å². The number of nitrogen functional groups attached to an aromatic ring is 1. The van der Waals surface area contributed by atoms with Crippen LogP contribution < -0.4 is 10.5 Å². The van der Waals surface area contributed by atoms with Crippen molar-refractivity contribution < 1.29 is 9.13 Å². The molecule has 0 radical (unpaired) electrons. The van der Waals surface area contributed by atoms with Crippen LogP contribution in [0, 0.1) is 5.82 Å². The van der Waals surface area contributed by atoms with Crippen LogP contribution in [0.3, 0.4) is 0 Å². The summed E-state index contributed by atoms with van der Waals surface area (Å²) in [6, 6.07) is 6.37. The van der Waals surface area contributed by atoms with Gasteiger partial charge in [0.2, 0.25) is 0 Å². The van der Waals surface area contributed by atoms with Crippen LogP contribution in [0.15, 0.2) is 47.3 Å². The van der Waals surface area contributed by atoms with Crippen LogP contribution in [-0.2, 0) is 13.6 Å². The lowest BCUT2D eigenvalue weighted by Gasteiger charge is -2.33. The first-order valence-electron chi connectivity index (χ1n) is 9.99. The molecule has 7 nitrogen and oxygen atoms in total. The molecule has 3 heterocycles. The molecule has 1 unspecified atom stereocenters. The van der Waals surface area contributed by atoms with E-state index in [1.54, 1.807) is 27.7 Å². The molecule has 0 saturated heterocycles. The molecule has 1 aliphatic rings. The van der Waals surface area contributed by atoms with Crippen LogP contribution in [0.4, 0.5) is 10.2 Å². The van der Waals surface area contributed by atoms with Gasteiger partial charge in [0.05, 0.1) is 11.6 Å². The fraction of sp³-hybridized carbons (Fsp3) is 0.227. The third-order valence-corrected chi connectivity index (χ3v) is 6.30. The lowest BCUT2D eigenvalue weighted by molar-refractivity contribution is 0.185. The second kappa shape index (κ2) is 7.90. The Hall–Kier alpha value is -2.91. The minimum absolute atomic E-state index is 0.234.